The van der Waals surface area contributed by atoms with Gasteiger partial charge in [-0.1, -0.05) is 19.3 Å². The second-order valence-corrected chi connectivity index (χ2v) is 5.32. The molecule has 0 saturated heterocycles. The van der Waals surface area contributed by atoms with E-state index in [1.165, 1.54) is 4.90 Å². The molecule has 0 radical (unpaired) electrons. The molecular formula is C14H18FN3O3. The quantitative estimate of drug-likeness (QED) is 0.527. The first-order chi connectivity index (χ1) is 9.93. The molecule has 1 aliphatic rings. The number of hydrogen-bond acceptors (Lipinski definition) is 4. The summed E-state index contributed by atoms with van der Waals surface area (Å²) in [5.41, 5.74) is 4.36. The summed E-state index contributed by atoms with van der Waals surface area (Å²) >= 11 is 0. The smallest absolute Gasteiger partial charge is 0.293 e. The number of nitrogens with zero attached hydrogens (tertiary/aromatic N) is 2. The van der Waals surface area contributed by atoms with E-state index >= 15 is 0 Å². The number of nitro groups is 1. The standard InChI is InChI=1S/C14H18FN3O3/c1-17(9-5-3-2-4-6-9)14(19)12-10(15)7-8-11(13(12)16)18(20)21/h7-9H,2-6,16H2,1H3. The van der Waals surface area contributed by atoms with Crippen LogP contribution < -0.4 is 5.73 Å². The lowest BCUT2D eigenvalue weighted by atomic mass is 9.94. The average molecular weight is 295 g/mol. The van der Waals surface area contributed by atoms with Crippen molar-refractivity contribution < 1.29 is 14.1 Å². The lowest BCUT2D eigenvalue weighted by molar-refractivity contribution is -0.384. The maximum atomic E-state index is 13.9. The summed E-state index contributed by atoms with van der Waals surface area (Å²) in [6.45, 7) is 0. The zero-order chi connectivity index (χ0) is 15.6. The van der Waals surface area contributed by atoms with Crippen LogP contribution in [0.3, 0.4) is 0 Å². The van der Waals surface area contributed by atoms with Crippen LogP contribution in [0.25, 0.3) is 0 Å². The molecule has 0 heterocycles. The molecule has 1 saturated carbocycles. The number of nitrogens with two attached hydrogens (primary N) is 1. The number of anilines is 1. The van der Waals surface area contributed by atoms with E-state index in [4.69, 9.17) is 5.73 Å². The summed E-state index contributed by atoms with van der Waals surface area (Å²) in [6.07, 6.45) is 4.90. The number of nitrogen functional groups attached to an aromatic ring is 1. The Hall–Kier alpha value is -2.18. The van der Waals surface area contributed by atoms with Gasteiger partial charge in [-0.25, -0.2) is 4.39 Å². The van der Waals surface area contributed by atoms with Gasteiger partial charge in [-0.2, -0.15) is 0 Å². The van der Waals surface area contributed by atoms with Crippen LogP contribution in [0.2, 0.25) is 0 Å². The van der Waals surface area contributed by atoms with Crippen LogP contribution in [-0.4, -0.2) is 28.8 Å². The third kappa shape index (κ3) is 2.96. The molecule has 0 atom stereocenters. The van der Waals surface area contributed by atoms with E-state index in [0.29, 0.717) is 0 Å². The van der Waals surface area contributed by atoms with Gasteiger partial charge >= 0.3 is 0 Å². The number of carbonyl (C=O) groups is 1. The fourth-order valence-electron chi connectivity index (χ4n) is 2.77. The molecule has 1 aromatic carbocycles. The van der Waals surface area contributed by atoms with Gasteiger partial charge in [-0.05, 0) is 18.9 Å². The average Bonchev–Trinajstić information content (AvgIpc) is 2.46. The Morgan fingerprint density at radius 3 is 2.57 bits per heavy atom. The van der Waals surface area contributed by atoms with Crippen LogP contribution in [0.4, 0.5) is 15.8 Å². The topological polar surface area (TPSA) is 89.5 Å². The highest BCUT2D eigenvalue weighted by Crippen LogP contribution is 2.30. The lowest BCUT2D eigenvalue weighted by Crippen LogP contribution is -2.39. The van der Waals surface area contributed by atoms with E-state index in [0.717, 1.165) is 44.2 Å². The highest BCUT2D eigenvalue weighted by atomic mass is 19.1. The Morgan fingerprint density at radius 1 is 1.38 bits per heavy atom. The van der Waals surface area contributed by atoms with Crippen LogP contribution in [0.5, 0.6) is 0 Å². The Labute approximate surface area is 121 Å². The van der Waals surface area contributed by atoms with Crippen molar-refractivity contribution in [3.63, 3.8) is 0 Å². The molecule has 114 valence electrons. The number of hydrogen-bond donors (Lipinski definition) is 1. The number of amides is 1. The molecular weight excluding hydrogens is 277 g/mol. The third-order valence-corrected chi connectivity index (χ3v) is 4.02. The monoisotopic (exact) mass is 295 g/mol. The Morgan fingerprint density at radius 2 is 2.00 bits per heavy atom. The predicted octanol–water partition coefficient (Wildman–Crippen LogP) is 2.72. The zero-order valence-electron chi connectivity index (χ0n) is 11.8. The minimum Gasteiger partial charge on any atom is -0.392 e. The first kappa shape index (κ1) is 15.2. The van der Waals surface area contributed by atoms with Gasteiger partial charge in [0.15, 0.2) is 0 Å². The van der Waals surface area contributed by atoms with Gasteiger partial charge in [-0.3, -0.25) is 14.9 Å². The van der Waals surface area contributed by atoms with E-state index in [-0.39, 0.29) is 6.04 Å². The highest BCUT2D eigenvalue weighted by molar-refractivity contribution is 6.01. The van der Waals surface area contributed by atoms with Gasteiger partial charge in [0.25, 0.3) is 11.6 Å². The number of rotatable bonds is 3. The zero-order valence-corrected chi connectivity index (χ0v) is 11.8. The van der Waals surface area contributed by atoms with Crippen molar-refractivity contribution in [1.82, 2.24) is 4.90 Å². The van der Waals surface area contributed by atoms with Crippen molar-refractivity contribution in [2.45, 2.75) is 38.1 Å². The largest absolute Gasteiger partial charge is 0.392 e. The molecule has 0 bridgehead atoms. The third-order valence-electron chi connectivity index (χ3n) is 4.02. The second-order valence-electron chi connectivity index (χ2n) is 5.32. The number of benzene rings is 1. The molecule has 1 amide bonds. The molecule has 0 aromatic heterocycles. The summed E-state index contributed by atoms with van der Waals surface area (Å²) in [6, 6.07) is 1.92. The van der Waals surface area contributed by atoms with Crippen molar-refractivity contribution in [1.29, 1.82) is 0 Å². The van der Waals surface area contributed by atoms with Crippen molar-refractivity contribution in [3.05, 3.63) is 33.6 Å². The van der Waals surface area contributed by atoms with Gasteiger partial charge in [0.2, 0.25) is 0 Å². The number of carbonyl (C=O) groups excluding carboxylic acids is 1. The predicted molar refractivity (Wildman–Crippen MR) is 76.4 cm³/mol. The van der Waals surface area contributed by atoms with Gasteiger partial charge < -0.3 is 10.6 Å². The molecule has 2 N–H and O–H groups in total. The molecule has 1 fully saturated rings. The van der Waals surface area contributed by atoms with Crippen LogP contribution in [0.1, 0.15) is 42.5 Å². The Kier molecular flexibility index (Phi) is 4.40. The normalized spacial score (nSPS) is 15.7. The van der Waals surface area contributed by atoms with Crippen molar-refractivity contribution in [2.75, 3.05) is 12.8 Å². The van der Waals surface area contributed by atoms with Gasteiger partial charge in [0, 0.05) is 19.2 Å². The van der Waals surface area contributed by atoms with Crippen LogP contribution in [0, 0.1) is 15.9 Å². The summed E-state index contributed by atoms with van der Waals surface area (Å²) in [5.74, 6) is -1.42. The van der Waals surface area contributed by atoms with E-state index in [9.17, 15) is 19.3 Å². The molecule has 0 aliphatic heterocycles. The molecule has 0 spiro atoms. The van der Waals surface area contributed by atoms with Crippen molar-refractivity contribution in [3.8, 4) is 0 Å². The summed E-state index contributed by atoms with van der Waals surface area (Å²) < 4.78 is 13.9. The highest BCUT2D eigenvalue weighted by Gasteiger charge is 2.29. The number of halogens is 1. The first-order valence-electron chi connectivity index (χ1n) is 6.93. The summed E-state index contributed by atoms with van der Waals surface area (Å²) in [5, 5.41) is 10.9. The molecule has 21 heavy (non-hydrogen) atoms. The van der Waals surface area contributed by atoms with E-state index < -0.39 is 33.6 Å². The summed E-state index contributed by atoms with van der Waals surface area (Å²) in [4.78, 5) is 24.0. The van der Waals surface area contributed by atoms with Crippen LogP contribution in [0.15, 0.2) is 12.1 Å². The van der Waals surface area contributed by atoms with Gasteiger partial charge in [0.1, 0.15) is 17.1 Å². The van der Waals surface area contributed by atoms with Gasteiger partial charge in [0.05, 0.1) is 4.92 Å². The van der Waals surface area contributed by atoms with Crippen LogP contribution in [-0.2, 0) is 0 Å². The minimum atomic E-state index is -0.828. The first-order valence-corrected chi connectivity index (χ1v) is 6.93. The maximum absolute atomic E-state index is 13.9. The van der Waals surface area contributed by atoms with E-state index in [2.05, 4.69) is 0 Å². The second kappa shape index (κ2) is 6.07. The molecule has 2 rings (SSSR count). The Balaban J connectivity index is 2.33. The fourth-order valence-corrected chi connectivity index (χ4v) is 2.77. The van der Waals surface area contributed by atoms with E-state index in [1.807, 2.05) is 0 Å². The fraction of sp³-hybridized carbons (Fsp3) is 0.500. The van der Waals surface area contributed by atoms with Gasteiger partial charge in [-0.15, -0.1) is 0 Å². The molecule has 1 aliphatic carbocycles. The molecule has 7 heteroatoms. The van der Waals surface area contributed by atoms with Crippen molar-refractivity contribution in [2.24, 2.45) is 0 Å². The number of nitro benzene ring substituents is 1. The lowest BCUT2D eigenvalue weighted by Gasteiger charge is -2.31. The minimum absolute atomic E-state index is 0.0318. The molecule has 6 nitrogen and oxygen atoms in total. The molecule has 1 aromatic rings. The maximum Gasteiger partial charge on any atom is 0.293 e. The van der Waals surface area contributed by atoms with Crippen LogP contribution >= 0.6 is 0 Å². The van der Waals surface area contributed by atoms with E-state index in [1.54, 1.807) is 7.05 Å². The molecule has 0 unspecified atom stereocenters. The van der Waals surface area contributed by atoms with Crippen molar-refractivity contribution >= 4 is 17.3 Å². The Bertz CT molecular complexity index is 571. The SMILES string of the molecule is CN(C(=O)c1c(F)ccc([N+](=O)[O-])c1N)C1CCCCC1. The summed E-state index contributed by atoms with van der Waals surface area (Å²) in [7, 11) is 1.59.